The number of carbonyl (C=O) groups is 1. The number of carboxylic acid groups (broad SMARTS) is 1. The smallest absolute Gasteiger partial charge is 0.323 e. The van der Waals surface area contributed by atoms with Crippen molar-refractivity contribution < 1.29 is 9.90 Å². The van der Waals surface area contributed by atoms with Crippen LogP contribution in [0.1, 0.15) is 0 Å². The first-order valence-electron chi connectivity index (χ1n) is 8.19. The molecule has 1 aromatic heterocycles. The number of pyridine rings is 1. The van der Waals surface area contributed by atoms with Gasteiger partial charge in [-0.15, -0.1) is 0 Å². The predicted octanol–water partition coefficient (Wildman–Crippen LogP) is 5.21. The lowest BCUT2D eigenvalue weighted by Crippen LogP contribution is -2.16. The summed E-state index contributed by atoms with van der Waals surface area (Å²) in [5.74, 6) is -1.04. The number of nitrogens with zero attached hydrogens (tertiary/aromatic N) is 1. The molecule has 0 aliphatic heterocycles. The van der Waals surface area contributed by atoms with E-state index in [1.54, 1.807) is 24.3 Å². The maximum Gasteiger partial charge on any atom is 0.323 e. The number of benzene rings is 3. The van der Waals surface area contributed by atoms with E-state index in [1.807, 2.05) is 36.4 Å². The summed E-state index contributed by atoms with van der Waals surface area (Å²) in [5, 5.41) is 10.6. The molecule has 0 saturated heterocycles. The Balaban J connectivity index is 2.14. The van der Waals surface area contributed by atoms with E-state index < -0.39 is 5.97 Å². The Morgan fingerprint density at radius 1 is 0.926 bits per heavy atom. The van der Waals surface area contributed by atoms with Gasteiger partial charge in [0.25, 0.3) is 0 Å². The number of carboxylic acids is 1. The molecule has 0 unspecified atom stereocenters. The van der Waals surface area contributed by atoms with Gasteiger partial charge in [-0.3, -0.25) is 9.59 Å². The maximum atomic E-state index is 13.1. The van der Waals surface area contributed by atoms with Crippen LogP contribution in [-0.4, -0.2) is 15.6 Å². The molecule has 6 heteroatoms. The third kappa shape index (κ3) is 2.97. The lowest BCUT2D eigenvalue weighted by Gasteiger charge is -2.16. The number of halogens is 2. The van der Waals surface area contributed by atoms with Gasteiger partial charge in [-0.25, -0.2) is 0 Å². The lowest BCUT2D eigenvalue weighted by atomic mass is 10.0. The highest BCUT2D eigenvalue weighted by atomic mass is 35.5. The fourth-order valence-electron chi connectivity index (χ4n) is 3.32. The summed E-state index contributed by atoms with van der Waals surface area (Å²) in [6, 6.07) is 18.2. The highest BCUT2D eigenvalue weighted by Gasteiger charge is 2.17. The molecule has 1 N–H and O–H groups in total. The number of aromatic nitrogens is 1. The Bertz CT molecular complexity index is 1260. The van der Waals surface area contributed by atoms with E-state index in [-0.39, 0.29) is 22.0 Å². The molecular formula is C21H13Cl2NO3. The molecule has 4 aromatic rings. The second-order valence-electron chi connectivity index (χ2n) is 6.16. The fraction of sp³-hybridized carbons (Fsp3) is 0.0476. The van der Waals surface area contributed by atoms with E-state index >= 15 is 0 Å². The zero-order chi connectivity index (χ0) is 19.1. The van der Waals surface area contributed by atoms with Crippen molar-refractivity contribution in [3.8, 4) is 11.1 Å². The van der Waals surface area contributed by atoms with Gasteiger partial charge < -0.3 is 9.67 Å². The van der Waals surface area contributed by atoms with Gasteiger partial charge in [-0.2, -0.15) is 0 Å². The Labute approximate surface area is 164 Å². The topological polar surface area (TPSA) is 59.3 Å². The summed E-state index contributed by atoms with van der Waals surface area (Å²) in [5.41, 5.74) is 2.47. The van der Waals surface area contributed by atoms with Gasteiger partial charge in [0.15, 0.2) is 5.43 Å². The highest BCUT2D eigenvalue weighted by molar-refractivity contribution is 6.45. The second-order valence-corrected chi connectivity index (χ2v) is 6.95. The van der Waals surface area contributed by atoms with E-state index in [9.17, 15) is 14.7 Å². The van der Waals surface area contributed by atoms with E-state index in [1.165, 1.54) is 4.57 Å². The van der Waals surface area contributed by atoms with Gasteiger partial charge in [0.2, 0.25) is 0 Å². The Hall–Kier alpha value is -2.82. The van der Waals surface area contributed by atoms with Crippen LogP contribution in [0, 0.1) is 0 Å². The van der Waals surface area contributed by atoms with Gasteiger partial charge >= 0.3 is 5.97 Å². The summed E-state index contributed by atoms with van der Waals surface area (Å²) in [7, 11) is 0. The molecule has 4 nitrogen and oxygen atoms in total. The van der Waals surface area contributed by atoms with Crippen molar-refractivity contribution in [2.45, 2.75) is 6.54 Å². The van der Waals surface area contributed by atoms with Crippen LogP contribution >= 0.6 is 23.2 Å². The zero-order valence-electron chi connectivity index (χ0n) is 13.9. The Kier molecular flexibility index (Phi) is 4.38. The van der Waals surface area contributed by atoms with E-state index in [0.717, 1.165) is 11.1 Å². The predicted molar refractivity (Wildman–Crippen MR) is 109 cm³/mol. The summed E-state index contributed by atoms with van der Waals surface area (Å²) in [6.45, 7) is -0.335. The summed E-state index contributed by atoms with van der Waals surface area (Å²) in [4.78, 5) is 24.6. The number of rotatable bonds is 3. The molecule has 0 bridgehead atoms. The minimum absolute atomic E-state index is 0.168. The average molecular weight is 398 g/mol. The standard InChI is InChI=1S/C21H13Cl2NO3/c22-16-8-7-14-20(19(16)23)24(11-18(25)26)17-9-6-13(10-15(17)21(14)27)12-4-2-1-3-5-12/h1-10H,11H2,(H,25,26). The molecule has 1 heterocycles. The van der Waals surface area contributed by atoms with Crippen LogP contribution in [0.25, 0.3) is 32.9 Å². The molecule has 0 aliphatic rings. The molecule has 0 fully saturated rings. The van der Waals surface area contributed by atoms with Crippen LogP contribution in [-0.2, 0) is 11.3 Å². The highest BCUT2D eigenvalue weighted by Crippen LogP contribution is 2.32. The first-order chi connectivity index (χ1) is 13.0. The van der Waals surface area contributed by atoms with Gasteiger partial charge in [0, 0.05) is 10.8 Å². The van der Waals surface area contributed by atoms with Gasteiger partial charge in [0.1, 0.15) is 6.54 Å². The summed E-state index contributed by atoms with van der Waals surface area (Å²) < 4.78 is 1.53. The molecule has 134 valence electrons. The molecule has 4 rings (SSSR count). The van der Waals surface area contributed by atoms with Crippen LogP contribution in [0.15, 0.2) is 65.5 Å². The third-order valence-electron chi connectivity index (χ3n) is 4.52. The normalized spacial score (nSPS) is 11.2. The van der Waals surface area contributed by atoms with Crippen LogP contribution in [0.3, 0.4) is 0 Å². The van der Waals surface area contributed by atoms with Gasteiger partial charge in [-0.1, -0.05) is 59.6 Å². The van der Waals surface area contributed by atoms with Crippen molar-refractivity contribution in [2.75, 3.05) is 0 Å². The molecule has 3 aromatic carbocycles. The molecule has 0 radical (unpaired) electrons. The minimum atomic E-state index is -1.04. The molecule has 0 amide bonds. The van der Waals surface area contributed by atoms with Crippen LogP contribution in [0.2, 0.25) is 10.0 Å². The number of aliphatic carboxylic acids is 1. The maximum absolute atomic E-state index is 13.1. The Morgan fingerprint density at radius 3 is 2.37 bits per heavy atom. The largest absolute Gasteiger partial charge is 0.480 e. The van der Waals surface area contributed by atoms with Gasteiger partial charge in [0.05, 0.1) is 21.1 Å². The molecule has 0 atom stereocenters. The zero-order valence-corrected chi connectivity index (χ0v) is 15.5. The molecule has 0 spiro atoms. The molecular weight excluding hydrogens is 385 g/mol. The van der Waals surface area contributed by atoms with E-state index in [2.05, 4.69) is 0 Å². The minimum Gasteiger partial charge on any atom is -0.480 e. The summed E-state index contributed by atoms with van der Waals surface area (Å²) >= 11 is 12.4. The quantitative estimate of drug-likeness (QED) is 0.482. The van der Waals surface area contributed by atoms with Crippen LogP contribution < -0.4 is 5.43 Å². The van der Waals surface area contributed by atoms with Crippen LogP contribution in [0.5, 0.6) is 0 Å². The van der Waals surface area contributed by atoms with Crippen molar-refractivity contribution in [1.29, 1.82) is 0 Å². The van der Waals surface area contributed by atoms with Crippen molar-refractivity contribution in [1.82, 2.24) is 4.57 Å². The van der Waals surface area contributed by atoms with E-state index in [0.29, 0.717) is 21.8 Å². The van der Waals surface area contributed by atoms with Crippen molar-refractivity contribution >= 4 is 51.0 Å². The number of hydrogen-bond donors (Lipinski definition) is 1. The van der Waals surface area contributed by atoms with Crippen molar-refractivity contribution in [3.05, 3.63) is 80.9 Å². The van der Waals surface area contributed by atoms with Crippen molar-refractivity contribution in [3.63, 3.8) is 0 Å². The SMILES string of the molecule is O=C(O)Cn1c2ccc(-c3ccccc3)cc2c(=O)c2ccc(Cl)c(Cl)c21. The van der Waals surface area contributed by atoms with Gasteiger partial charge in [-0.05, 0) is 35.4 Å². The average Bonchev–Trinajstić information content (AvgIpc) is 2.67. The van der Waals surface area contributed by atoms with Crippen LogP contribution in [0.4, 0.5) is 0 Å². The number of fused-ring (bicyclic) bond motifs is 2. The fourth-order valence-corrected chi connectivity index (χ4v) is 3.73. The molecule has 0 aliphatic carbocycles. The Morgan fingerprint density at radius 2 is 1.67 bits per heavy atom. The molecule has 27 heavy (non-hydrogen) atoms. The summed E-state index contributed by atoms with van der Waals surface area (Å²) in [6.07, 6.45) is 0. The monoisotopic (exact) mass is 397 g/mol. The first-order valence-corrected chi connectivity index (χ1v) is 8.94. The number of hydrogen-bond acceptors (Lipinski definition) is 2. The molecule has 0 saturated carbocycles. The first kappa shape index (κ1) is 17.6. The van der Waals surface area contributed by atoms with Crippen molar-refractivity contribution in [2.24, 2.45) is 0 Å². The third-order valence-corrected chi connectivity index (χ3v) is 5.31. The van der Waals surface area contributed by atoms with E-state index in [4.69, 9.17) is 23.2 Å². The lowest BCUT2D eigenvalue weighted by molar-refractivity contribution is -0.137. The second kappa shape index (κ2) is 6.72.